The molecule has 6 aromatic rings. The summed E-state index contributed by atoms with van der Waals surface area (Å²) in [5.74, 6) is -0.0407. The zero-order valence-corrected chi connectivity index (χ0v) is 21.7. The number of H-pyrrole nitrogens is 2. The molecule has 38 heavy (non-hydrogen) atoms. The first-order chi connectivity index (χ1) is 18.2. The van der Waals surface area contributed by atoms with Gasteiger partial charge in [-0.1, -0.05) is 26.8 Å². The van der Waals surface area contributed by atoms with Gasteiger partial charge in [-0.05, 0) is 42.7 Å². The van der Waals surface area contributed by atoms with Gasteiger partial charge < -0.3 is 14.9 Å². The van der Waals surface area contributed by atoms with Crippen LogP contribution in [0, 0.1) is 12.3 Å². The molecule has 9 nitrogen and oxygen atoms in total. The number of benzene rings is 1. The number of hydrogen-bond donors (Lipinski definition) is 3. The van der Waals surface area contributed by atoms with E-state index in [9.17, 15) is 4.79 Å². The molecule has 0 bridgehead atoms. The molecular weight excluding hydrogens is 476 g/mol. The highest BCUT2D eigenvalue weighted by Gasteiger charge is 2.17. The van der Waals surface area contributed by atoms with Crippen LogP contribution in [-0.4, -0.2) is 40.6 Å². The maximum absolute atomic E-state index is 12.4. The summed E-state index contributed by atoms with van der Waals surface area (Å²) in [6.45, 7) is 8.09. The molecule has 0 saturated heterocycles. The van der Waals surface area contributed by atoms with E-state index in [4.69, 9.17) is 0 Å². The van der Waals surface area contributed by atoms with Gasteiger partial charge in [0.1, 0.15) is 5.69 Å². The highest BCUT2D eigenvalue weighted by Crippen LogP contribution is 2.33. The number of rotatable bonds is 5. The highest BCUT2D eigenvalue weighted by molar-refractivity contribution is 5.99. The molecule has 0 aliphatic heterocycles. The summed E-state index contributed by atoms with van der Waals surface area (Å²) in [7, 11) is 0. The Morgan fingerprint density at radius 2 is 1.89 bits per heavy atom. The standard InChI is InChI=1S/C29H28N8O/c1-17-15-37(16-32-17)26-7-5-6-22-20(26)9-24(34-22)28-21-10-23(31-14-25(21)35-36-28)18-8-19(13-30-12-18)33-27(38)11-29(2,3)4/h5-10,12-16,34H,11H2,1-4H3,(H,33,38)(H,35,36). The molecule has 0 spiro atoms. The first-order valence-electron chi connectivity index (χ1n) is 12.5. The van der Waals surface area contributed by atoms with Crippen molar-refractivity contribution in [3.8, 4) is 28.3 Å². The number of nitrogens with one attached hydrogen (secondary N) is 3. The second kappa shape index (κ2) is 8.95. The van der Waals surface area contributed by atoms with E-state index in [1.807, 2.05) is 63.0 Å². The van der Waals surface area contributed by atoms with E-state index in [0.29, 0.717) is 12.1 Å². The van der Waals surface area contributed by atoms with Crippen LogP contribution in [0.5, 0.6) is 0 Å². The topological polar surface area (TPSA) is 117 Å². The summed E-state index contributed by atoms with van der Waals surface area (Å²) in [6.07, 6.45) is 9.43. The average Bonchev–Trinajstić information content (AvgIpc) is 3.60. The summed E-state index contributed by atoms with van der Waals surface area (Å²) in [6, 6.07) is 12.2. The van der Waals surface area contributed by atoms with Crippen LogP contribution >= 0.6 is 0 Å². The van der Waals surface area contributed by atoms with Gasteiger partial charge in [-0.3, -0.25) is 19.9 Å². The van der Waals surface area contributed by atoms with Crippen LogP contribution in [0.25, 0.3) is 50.1 Å². The van der Waals surface area contributed by atoms with Crippen molar-refractivity contribution < 1.29 is 4.79 Å². The fourth-order valence-electron chi connectivity index (χ4n) is 4.66. The van der Waals surface area contributed by atoms with E-state index in [-0.39, 0.29) is 11.3 Å². The summed E-state index contributed by atoms with van der Waals surface area (Å²) in [5.41, 5.74) is 7.64. The van der Waals surface area contributed by atoms with Gasteiger partial charge in [0.25, 0.3) is 0 Å². The smallest absolute Gasteiger partial charge is 0.224 e. The third kappa shape index (κ3) is 4.54. The lowest BCUT2D eigenvalue weighted by Gasteiger charge is -2.17. The van der Waals surface area contributed by atoms with Crippen LogP contribution in [0.15, 0.2) is 67.5 Å². The lowest BCUT2D eigenvalue weighted by atomic mass is 9.92. The minimum absolute atomic E-state index is 0.0407. The number of carbonyl (C=O) groups excluding carboxylic acids is 1. The first-order valence-corrected chi connectivity index (χ1v) is 12.5. The number of carbonyl (C=O) groups is 1. The maximum atomic E-state index is 12.4. The van der Waals surface area contributed by atoms with Gasteiger partial charge in [-0.25, -0.2) is 4.98 Å². The number of hydrogen-bond acceptors (Lipinski definition) is 5. The molecule has 0 atom stereocenters. The Kier molecular flexibility index (Phi) is 5.56. The molecule has 0 unspecified atom stereocenters. The van der Waals surface area contributed by atoms with Crippen molar-refractivity contribution in [3.63, 3.8) is 0 Å². The van der Waals surface area contributed by atoms with Crippen LogP contribution in [0.2, 0.25) is 0 Å². The molecule has 0 aliphatic rings. The van der Waals surface area contributed by atoms with Gasteiger partial charge in [-0.15, -0.1) is 0 Å². The molecule has 5 aromatic heterocycles. The number of anilines is 1. The Labute approximate surface area is 219 Å². The van der Waals surface area contributed by atoms with Crippen LogP contribution < -0.4 is 5.32 Å². The third-order valence-corrected chi connectivity index (χ3v) is 6.34. The number of nitrogens with zero attached hydrogens (tertiary/aromatic N) is 5. The number of aromatic amines is 2. The molecule has 0 aliphatic carbocycles. The van der Waals surface area contributed by atoms with E-state index in [0.717, 1.165) is 55.8 Å². The monoisotopic (exact) mass is 504 g/mol. The molecule has 6 rings (SSSR count). The van der Waals surface area contributed by atoms with Gasteiger partial charge in [0.05, 0.1) is 52.7 Å². The fraction of sp³-hybridized carbons (Fsp3) is 0.207. The van der Waals surface area contributed by atoms with Crippen molar-refractivity contribution in [2.24, 2.45) is 5.41 Å². The molecule has 9 heteroatoms. The predicted octanol–water partition coefficient (Wildman–Crippen LogP) is 6.04. The number of aryl methyl sites for hydroxylation is 1. The fourth-order valence-corrected chi connectivity index (χ4v) is 4.66. The van der Waals surface area contributed by atoms with Gasteiger partial charge in [-0.2, -0.15) is 5.10 Å². The van der Waals surface area contributed by atoms with Gasteiger partial charge >= 0.3 is 0 Å². The molecule has 3 N–H and O–H groups in total. The zero-order chi connectivity index (χ0) is 26.4. The summed E-state index contributed by atoms with van der Waals surface area (Å²) < 4.78 is 2.03. The SMILES string of the molecule is Cc1cn(-c2cccc3[nH]c(-c4n[nH]c5cnc(-c6cncc(NC(=O)CC(C)(C)C)c6)cc45)cc23)cn1. The minimum atomic E-state index is -0.0967. The van der Waals surface area contributed by atoms with Gasteiger partial charge in [0.15, 0.2) is 0 Å². The number of imidazole rings is 1. The second-order valence-electron chi connectivity index (χ2n) is 10.8. The van der Waals surface area contributed by atoms with Crippen LogP contribution in [0.3, 0.4) is 0 Å². The second-order valence-corrected chi connectivity index (χ2v) is 10.8. The normalized spacial score (nSPS) is 11.9. The first kappa shape index (κ1) is 23.6. The quantitative estimate of drug-likeness (QED) is 0.265. The number of amides is 1. The highest BCUT2D eigenvalue weighted by atomic mass is 16.1. The number of aromatic nitrogens is 7. The predicted molar refractivity (Wildman–Crippen MR) is 149 cm³/mol. The summed E-state index contributed by atoms with van der Waals surface area (Å²) >= 11 is 0. The molecule has 1 aromatic carbocycles. The lowest BCUT2D eigenvalue weighted by molar-refractivity contribution is -0.117. The Morgan fingerprint density at radius 3 is 2.68 bits per heavy atom. The third-order valence-electron chi connectivity index (χ3n) is 6.34. The van der Waals surface area contributed by atoms with Gasteiger partial charge in [0, 0.05) is 40.7 Å². The maximum Gasteiger partial charge on any atom is 0.224 e. The Bertz CT molecular complexity index is 1800. The molecule has 0 radical (unpaired) electrons. The van der Waals surface area contributed by atoms with Crippen LogP contribution in [0.1, 0.15) is 32.9 Å². The summed E-state index contributed by atoms with van der Waals surface area (Å²) in [4.78, 5) is 29.3. The molecule has 1 amide bonds. The van der Waals surface area contributed by atoms with Crippen molar-refractivity contribution in [1.82, 2.24) is 34.7 Å². The number of fused-ring (bicyclic) bond motifs is 2. The van der Waals surface area contributed by atoms with Gasteiger partial charge in [0.2, 0.25) is 5.91 Å². The average molecular weight is 505 g/mol. The lowest BCUT2D eigenvalue weighted by Crippen LogP contribution is -2.19. The van der Waals surface area contributed by atoms with Crippen molar-refractivity contribution in [2.75, 3.05) is 5.32 Å². The molecular formula is C29H28N8O. The molecule has 0 fully saturated rings. The van der Waals surface area contributed by atoms with Crippen molar-refractivity contribution >= 4 is 33.4 Å². The molecule has 5 heterocycles. The van der Waals surface area contributed by atoms with E-state index in [1.54, 1.807) is 18.6 Å². The molecule has 190 valence electrons. The van der Waals surface area contributed by atoms with Crippen molar-refractivity contribution in [2.45, 2.75) is 34.1 Å². The van der Waals surface area contributed by atoms with E-state index < -0.39 is 0 Å². The Hall–Kier alpha value is -4.79. The van der Waals surface area contributed by atoms with E-state index >= 15 is 0 Å². The van der Waals surface area contributed by atoms with Crippen LogP contribution in [-0.2, 0) is 4.79 Å². The van der Waals surface area contributed by atoms with Crippen molar-refractivity contribution in [3.05, 3.63) is 73.2 Å². The largest absolute Gasteiger partial charge is 0.353 e. The Balaban J connectivity index is 1.36. The Morgan fingerprint density at radius 1 is 1.03 bits per heavy atom. The number of pyridine rings is 2. The van der Waals surface area contributed by atoms with Crippen molar-refractivity contribution in [1.29, 1.82) is 0 Å². The summed E-state index contributed by atoms with van der Waals surface area (Å²) in [5, 5.41) is 12.7. The zero-order valence-electron chi connectivity index (χ0n) is 21.7. The van der Waals surface area contributed by atoms with E-state index in [2.05, 4.69) is 53.6 Å². The van der Waals surface area contributed by atoms with Crippen LogP contribution in [0.4, 0.5) is 5.69 Å². The molecule has 0 saturated carbocycles. The minimum Gasteiger partial charge on any atom is -0.353 e. The van der Waals surface area contributed by atoms with E-state index in [1.165, 1.54) is 0 Å².